The average Bonchev–Trinajstić information content (AvgIpc) is 2.93. The Kier molecular flexibility index (Phi) is 7.43. The molecule has 6 nitrogen and oxygen atoms in total. The lowest BCUT2D eigenvalue weighted by Crippen LogP contribution is -2.23. The first-order valence-corrected chi connectivity index (χ1v) is 9.24. The van der Waals surface area contributed by atoms with Crippen LogP contribution >= 0.6 is 11.8 Å². The summed E-state index contributed by atoms with van der Waals surface area (Å²) in [6, 6.07) is 3.73. The SMILES string of the molecule is C=CCOc1c(CC=C)cc(/C=C2/SC(NC(C)=O)=NC2=O)cc1OCC. The summed E-state index contributed by atoms with van der Waals surface area (Å²) >= 11 is 1.12. The number of hydrogen-bond donors (Lipinski definition) is 1. The first kappa shape index (κ1) is 20.5. The van der Waals surface area contributed by atoms with Gasteiger partial charge >= 0.3 is 0 Å². The van der Waals surface area contributed by atoms with E-state index < -0.39 is 0 Å². The molecule has 1 aliphatic heterocycles. The fourth-order valence-corrected chi connectivity index (χ4v) is 3.27. The fourth-order valence-electron chi connectivity index (χ4n) is 2.41. The number of nitrogens with one attached hydrogen (secondary N) is 1. The Morgan fingerprint density at radius 2 is 2.07 bits per heavy atom. The van der Waals surface area contributed by atoms with Crippen molar-refractivity contribution in [2.45, 2.75) is 20.3 Å². The molecule has 142 valence electrons. The van der Waals surface area contributed by atoms with Crippen molar-refractivity contribution in [2.75, 3.05) is 13.2 Å². The zero-order valence-corrected chi connectivity index (χ0v) is 16.2. The maximum absolute atomic E-state index is 12.1. The number of nitrogens with zero attached hydrogens (tertiary/aromatic N) is 1. The van der Waals surface area contributed by atoms with Crippen LogP contribution in [0.15, 0.2) is 47.3 Å². The van der Waals surface area contributed by atoms with Crippen LogP contribution in [0.1, 0.15) is 25.0 Å². The summed E-state index contributed by atoms with van der Waals surface area (Å²) < 4.78 is 11.5. The monoisotopic (exact) mass is 386 g/mol. The molecule has 0 aromatic heterocycles. The van der Waals surface area contributed by atoms with E-state index in [1.807, 2.05) is 19.1 Å². The first-order valence-electron chi connectivity index (χ1n) is 8.43. The number of hydrogen-bond acceptors (Lipinski definition) is 5. The number of ether oxygens (including phenoxy) is 2. The Morgan fingerprint density at radius 3 is 2.70 bits per heavy atom. The lowest BCUT2D eigenvalue weighted by molar-refractivity contribution is -0.117. The van der Waals surface area contributed by atoms with E-state index in [9.17, 15) is 9.59 Å². The van der Waals surface area contributed by atoms with Crippen LogP contribution in [0.4, 0.5) is 0 Å². The van der Waals surface area contributed by atoms with E-state index in [0.29, 0.717) is 36.0 Å². The summed E-state index contributed by atoms with van der Waals surface area (Å²) in [5, 5.41) is 2.81. The third-order valence-electron chi connectivity index (χ3n) is 3.36. The molecule has 27 heavy (non-hydrogen) atoms. The molecule has 0 fully saturated rings. The van der Waals surface area contributed by atoms with Gasteiger partial charge < -0.3 is 14.8 Å². The van der Waals surface area contributed by atoms with Crippen LogP contribution < -0.4 is 14.8 Å². The highest BCUT2D eigenvalue weighted by atomic mass is 32.2. The summed E-state index contributed by atoms with van der Waals surface area (Å²) in [5.74, 6) is 0.563. The van der Waals surface area contributed by atoms with Crippen molar-refractivity contribution in [2.24, 2.45) is 4.99 Å². The fraction of sp³-hybridized carbons (Fsp3) is 0.250. The second-order valence-corrected chi connectivity index (χ2v) is 6.58. The molecule has 1 aromatic rings. The Bertz CT molecular complexity index is 828. The van der Waals surface area contributed by atoms with Gasteiger partial charge in [-0.1, -0.05) is 18.7 Å². The number of carbonyl (C=O) groups is 2. The predicted molar refractivity (Wildman–Crippen MR) is 109 cm³/mol. The standard InChI is InChI=1S/C20H22N2O4S/c1-5-8-15-10-14(11-16(25-7-3)18(15)26-9-6-2)12-17-19(24)22-20(27-17)21-13(4)23/h5-6,10-12H,1-2,7-9H2,3-4H3,(H,21,22,23,24)/b17-12+. The summed E-state index contributed by atoms with van der Waals surface area (Å²) in [6.45, 7) is 11.5. The number of amidine groups is 1. The second-order valence-electron chi connectivity index (χ2n) is 5.55. The molecular weight excluding hydrogens is 364 g/mol. The minimum Gasteiger partial charge on any atom is -0.490 e. The summed E-state index contributed by atoms with van der Waals surface area (Å²) in [7, 11) is 0. The minimum absolute atomic E-state index is 0.272. The molecule has 0 saturated heterocycles. The average molecular weight is 386 g/mol. The van der Waals surface area contributed by atoms with Gasteiger partial charge in [0.05, 0.1) is 11.5 Å². The number of benzene rings is 1. The molecule has 1 heterocycles. The van der Waals surface area contributed by atoms with Crippen LogP contribution in [-0.4, -0.2) is 30.2 Å². The molecule has 2 rings (SSSR count). The maximum atomic E-state index is 12.1. The minimum atomic E-state index is -0.390. The lowest BCUT2D eigenvalue weighted by atomic mass is 10.0. The van der Waals surface area contributed by atoms with E-state index in [2.05, 4.69) is 23.5 Å². The Balaban J connectivity index is 2.39. The van der Waals surface area contributed by atoms with Crippen LogP contribution in [0.25, 0.3) is 6.08 Å². The van der Waals surface area contributed by atoms with Gasteiger partial charge in [0.2, 0.25) is 5.91 Å². The molecule has 0 bridgehead atoms. The molecule has 0 spiro atoms. The van der Waals surface area contributed by atoms with Crippen molar-refractivity contribution >= 4 is 34.8 Å². The predicted octanol–water partition coefficient (Wildman–Crippen LogP) is 3.49. The molecular formula is C20H22N2O4S. The van der Waals surface area contributed by atoms with Crippen molar-refractivity contribution < 1.29 is 19.1 Å². The number of amides is 2. The van der Waals surface area contributed by atoms with Crippen LogP contribution in [0, 0.1) is 0 Å². The molecule has 7 heteroatoms. The van der Waals surface area contributed by atoms with Gasteiger partial charge in [-0.05, 0) is 48.9 Å². The highest BCUT2D eigenvalue weighted by molar-refractivity contribution is 8.18. The largest absolute Gasteiger partial charge is 0.490 e. The van der Waals surface area contributed by atoms with E-state index >= 15 is 0 Å². The van der Waals surface area contributed by atoms with E-state index in [-0.39, 0.29) is 17.0 Å². The van der Waals surface area contributed by atoms with Gasteiger partial charge in [-0.3, -0.25) is 9.59 Å². The number of rotatable bonds is 8. The van der Waals surface area contributed by atoms with Crippen LogP contribution in [0.3, 0.4) is 0 Å². The molecule has 1 aromatic carbocycles. The van der Waals surface area contributed by atoms with E-state index in [0.717, 1.165) is 22.9 Å². The molecule has 2 amide bonds. The summed E-state index contributed by atoms with van der Waals surface area (Å²) in [4.78, 5) is 27.5. The third-order valence-corrected chi connectivity index (χ3v) is 4.26. The molecule has 1 N–H and O–H groups in total. The van der Waals surface area contributed by atoms with E-state index in [1.54, 1.807) is 18.2 Å². The topological polar surface area (TPSA) is 77.0 Å². The number of carbonyl (C=O) groups excluding carboxylic acids is 2. The van der Waals surface area contributed by atoms with Gasteiger partial charge in [-0.15, -0.1) is 6.58 Å². The third kappa shape index (κ3) is 5.59. The summed E-state index contributed by atoms with van der Waals surface area (Å²) in [5.41, 5.74) is 1.67. The number of allylic oxidation sites excluding steroid dienone is 1. The van der Waals surface area contributed by atoms with Gasteiger partial charge in [-0.25, -0.2) is 0 Å². The van der Waals surface area contributed by atoms with Gasteiger partial charge in [0.1, 0.15) is 6.61 Å². The normalized spacial score (nSPS) is 14.7. The lowest BCUT2D eigenvalue weighted by Gasteiger charge is -2.16. The van der Waals surface area contributed by atoms with Gasteiger partial charge in [-0.2, -0.15) is 4.99 Å². The highest BCUT2D eigenvalue weighted by Gasteiger charge is 2.23. The second kappa shape index (κ2) is 9.78. The zero-order valence-electron chi connectivity index (χ0n) is 15.4. The molecule has 0 unspecified atom stereocenters. The number of thioether (sulfide) groups is 1. The Morgan fingerprint density at radius 1 is 1.30 bits per heavy atom. The van der Waals surface area contributed by atoms with Crippen molar-refractivity contribution in [1.82, 2.24) is 5.32 Å². The molecule has 1 aliphatic rings. The zero-order chi connectivity index (χ0) is 19.8. The van der Waals surface area contributed by atoms with Gasteiger partial charge in [0, 0.05) is 12.5 Å². The summed E-state index contributed by atoms with van der Waals surface area (Å²) in [6.07, 6.45) is 5.74. The van der Waals surface area contributed by atoms with Crippen molar-refractivity contribution in [1.29, 1.82) is 0 Å². The van der Waals surface area contributed by atoms with Crippen molar-refractivity contribution in [3.05, 3.63) is 53.5 Å². The molecule has 0 radical (unpaired) electrons. The van der Waals surface area contributed by atoms with Crippen LogP contribution in [0.2, 0.25) is 0 Å². The Hall–Kier alpha value is -2.80. The first-order chi connectivity index (χ1) is 13.0. The smallest absolute Gasteiger partial charge is 0.286 e. The van der Waals surface area contributed by atoms with Crippen molar-refractivity contribution in [3.63, 3.8) is 0 Å². The van der Waals surface area contributed by atoms with E-state index in [1.165, 1.54) is 6.92 Å². The van der Waals surface area contributed by atoms with Crippen LogP contribution in [-0.2, 0) is 16.0 Å². The molecule has 0 atom stereocenters. The van der Waals surface area contributed by atoms with E-state index in [4.69, 9.17) is 9.47 Å². The highest BCUT2D eigenvalue weighted by Crippen LogP contribution is 2.36. The quantitative estimate of drug-likeness (QED) is 0.547. The molecule has 0 saturated carbocycles. The Labute approximate surface area is 163 Å². The van der Waals surface area contributed by atoms with Crippen LogP contribution in [0.5, 0.6) is 11.5 Å². The van der Waals surface area contributed by atoms with Gasteiger partial charge in [0.25, 0.3) is 5.91 Å². The molecule has 0 aliphatic carbocycles. The van der Waals surface area contributed by atoms with Crippen molar-refractivity contribution in [3.8, 4) is 11.5 Å². The maximum Gasteiger partial charge on any atom is 0.286 e. The van der Waals surface area contributed by atoms with Gasteiger partial charge in [0.15, 0.2) is 16.7 Å². The number of aliphatic imine (C=N–C) groups is 1.